The fraction of sp³-hybridized carbons (Fsp3) is 0.267. The van der Waals surface area contributed by atoms with Gasteiger partial charge in [-0.1, -0.05) is 0 Å². The second-order valence-electron chi connectivity index (χ2n) is 5.21. The van der Waals surface area contributed by atoms with Crippen LogP contribution in [0.1, 0.15) is 9.80 Å². The standard InChI is InChI=1S/C15H14N6OS/c22-15(14-19-11-9-16-2-1-12(11)23-14)21-7-5-20(6-8-21)13-10-17-3-4-18-13/h1-4,9-10H,5-8H2. The SMILES string of the molecule is O=C(c1nc2cnccc2s1)N1CCN(c2cnccn2)CC1. The summed E-state index contributed by atoms with van der Waals surface area (Å²) >= 11 is 1.42. The first-order valence-electron chi connectivity index (χ1n) is 7.32. The molecule has 1 aliphatic heterocycles. The summed E-state index contributed by atoms with van der Waals surface area (Å²) in [5, 5.41) is 0.529. The van der Waals surface area contributed by atoms with Crippen molar-refractivity contribution in [3.63, 3.8) is 0 Å². The first kappa shape index (κ1) is 14.0. The van der Waals surface area contributed by atoms with Gasteiger partial charge in [-0.05, 0) is 6.07 Å². The van der Waals surface area contributed by atoms with Gasteiger partial charge in [-0.3, -0.25) is 14.8 Å². The maximum Gasteiger partial charge on any atom is 0.282 e. The zero-order chi connectivity index (χ0) is 15.6. The molecule has 0 radical (unpaired) electrons. The Bertz CT molecular complexity index is 795. The molecule has 3 aromatic rings. The molecule has 0 aromatic carbocycles. The van der Waals surface area contributed by atoms with Crippen LogP contribution in [0.25, 0.3) is 10.2 Å². The molecule has 1 saturated heterocycles. The molecule has 1 amide bonds. The van der Waals surface area contributed by atoms with Crippen molar-refractivity contribution in [1.82, 2.24) is 24.8 Å². The van der Waals surface area contributed by atoms with Gasteiger partial charge in [0.25, 0.3) is 5.91 Å². The quantitative estimate of drug-likeness (QED) is 0.709. The lowest BCUT2D eigenvalue weighted by Gasteiger charge is -2.34. The Morgan fingerprint density at radius 1 is 1.04 bits per heavy atom. The van der Waals surface area contributed by atoms with Gasteiger partial charge in [0.15, 0.2) is 5.01 Å². The number of nitrogens with zero attached hydrogens (tertiary/aromatic N) is 6. The van der Waals surface area contributed by atoms with Crippen molar-refractivity contribution < 1.29 is 4.79 Å². The van der Waals surface area contributed by atoms with Crippen LogP contribution in [0.5, 0.6) is 0 Å². The van der Waals surface area contributed by atoms with Crippen molar-refractivity contribution in [3.05, 3.63) is 42.1 Å². The minimum Gasteiger partial charge on any atom is -0.352 e. The van der Waals surface area contributed by atoms with Crippen LogP contribution in [0.3, 0.4) is 0 Å². The predicted octanol–water partition coefficient (Wildman–Crippen LogP) is 1.44. The third-order valence-electron chi connectivity index (χ3n) is 3.81. The molecule has 4 rings (SSSR count). The Hall–Kier alpha value is -2.61. The molecule has 7 nitrogen and oxygen atoms in total. The molecule has 0 N–H and O–H groups in total. The smallest absolute Gasteiger partial charge is 0.282 e. The minimum atomic E-state index is -0.00926. The van der Waals surface area contributed by atoms with Crippen molar-refractivity contribution in [2.45, 2.75) is 0 Å². The fourth-order valence-electron chi connectivity index (χ4n) is 2.60. The van der Waals surface area contributed by atoms with Crippen LogP contribution in [0, 0.1) is 0 Å². The number of amides is 1. The molecule has 0 saturated carbocycles. The summed E-state index contributed by atoms with van der Waals surface area (Å²) in [6.45, 7) is 2.81. The summed E-state index contributed by atoms with van der Waals surface area (Å²) in [4.78, 5) is 33.4. The third kappa shape index (κ3) is 2.72. The monoisotopic (exact) mass is 326 g/mol. The van der Waals surface area contributed by atoms with Crippen molar-refractivity contribution in [2.24, 2.45) is 0 Å². The molecule has 23 heavy (non-hydrogen) atoms. The first-order chi connectivity index (χ1) is 11.3. The maximum absolute atomic E-state index is 12.6. The van der Waals surface area contributed by atoms with Gasteiger partial charge in [0, 0.05) is 44.8 Å². The molecular formula is C15H14N6OS. The fourth-order valence-corrected chi connectivity index (χ4v) is 3.50. The second-order valence-corrected chi connectivity index (χ2v) is 6.24. The van der Waals surface area contributed by atoms with Crippen LogP contribution in [-0.2, 0) is 0 Å². The summed E-state index contributed by atoms with van der Waals surface area (Å²) in [5.74, 6) is 0.843. The van der Waals surface area contributed by atoms with Gasteiger partial charge in [0.1, 0.15) is 11.3 Å². The number of carbonyl (C=O) groups excluding carboxylic acids is 1. The van der Waals surface area contributed by atoms with E-state index < -0.39 is 0 Å². The topological polar surface area (TPSA) is 75.1 Å². The summed E-state index contributed by atoms with van der Waals surface area (Å²) in [5.41, 5.74) is 0.777. The van der Waals surface area contributed by atoms with Gasteiger partial charge in [0.2, 0.25) is 0 Å². The third-order valence-corrected chi connectivity index (χ3v) is 4.84. The van der Waals surface area contributed by atoms with Gasteiger partial charge < -0.3 is 9.80 Å². The highest BCUT2D eigenvalue weighted by molar-refractivity contribution is 7.20. The van der Waals surface area contributed by atoms with E-state index in [0.717, 1.165) is 29.1 Å². The van der Waals surface area contributed by atoms with Crippen LogP contribution in [0.15, 0.2) is 37.1 Å². The van der Waals surface area contributed by atoms with Crippen LogP contribution in [0.4, 0.5) is 5.82 Å². The number of hydrogen-bond donors (Lipinski definition) is 0. The number of carbonyl (C=O) groups is 1. The Labute approximate surface area is 136 Å². The Morgan fingerprint density at radius 2 is 1.87 bits per heavy atom. The molecule has 116 valence electrons. The number of anilines is 1. The number of piperazine rings is 1. The zero-order valence-electron chi connectivity index (χ0n) is 12.3. The number of aromatic nitrogens is 4. The van der Waals surface area contributed by atoms with Crippen LogP contribution < -0.4 is 4.90 Å². The van der Waals surface area contributed by atoms with Gasteiger partial charge in [0.05, 0.1) is 17.1 Å². The summed E-state index contributed by atoms with van der Waals surface area (Å²) in [7, 11) is 0. The van der Waals surface area contributed by atoms with E-state index in [-0.39, 0.29) is 5.91 Å². The largest absolute Gasteiger partial charge is 0.352 e. The molecule has 0 bridgehead atoms. The molecular weight excluding hydrogens is 312 g/mol. The Morgan fingerprint density at radius 3 is 2.61 bits per heavy atom. The molecule has 0 atom stereocenters. The molecule has 3 aromatic heterocycles. The highest BCUT2D eigenvalue weighted by atomic mass is 32.1. The number of pyridine rings is 1. The number of rotatable bonds is 2. The van der Waals surface area contributed by atoms with Gasteiger partial charge in [-0.15, -0.1) is 11.3 Å². The number of hydrogen-bond acceptors (Lipinski definition) is 7. The van der Waals surface area contributed by atoms with Crippen molar-refractivity contribution in [3.8, 4) is 0 Å². The highest BCUT2D eigenvalue weighted by Crippen LogP contribution is 2.22. The first-order valence-corrected chi connectivity index (χ1v) is 8.14. The van der Waals surface area contributed by atoms with Crippen LogP contribution >= 0.6 is 11.3 Å². The molecule has 0 spiro atoms. The molecule has 1 aliphatic rings. The summed E-state index contributed by atoms with van der Waals surface area (Å²) in [6, 6.07) is 1.88. The van der Waals surface area contributed by atoms with E-state index in [9.17, 15) is 4.79 Å². The molecule has 4 heterocycles. The lowest BCUT2D eigenvalue weighted by Crippen LogP contribution is -2.49. The van der Waals surface area contributed by atoms with E-state index >= 15 is 0 Å². The lowest BCUT2D eigenvalue weighted by molar-refractivity contribution is 0.0746. The minimum absolute atomic E-state index is 0.00926. The van der Waals surface area contributed by atoms with Gasteiger partial charge in [-0.2, -0.15) is 0 Å². The van der Waals surface area contributed by atoms with Gasteiger partial charge >= 0.3 is 0 Å². The van der Waals surface area contributed by atoms with E-state index in [1.54, 1.807) is 31.0 Å². The van der Waals surface area contributed by atoms with Crippen molar-refractivity contribution in [2.75, 3.05) is 31.1 Å². The van der Waals surface area contributed by atoms with Crippen molar-refractivity contribution in [1.29, 1.82) is 0 Å². The van der Waals surface area contributed by atoms with Gasteiger partial charge in [-0.25, -0.2) is 9.97 Å². The maximum atomic E-state index is 12.6. The van der Waals surface area contributed by atoms with E-state index in [1.807, 2.05) is 11.0 Å². The summed E-state index contributed by atoms with van der Waals surface area (Å²) < 4.78 is 0.988. The summed E-state index contributed by atoms with van der Waals surface area (Å²) in [6.07, 6.45) is 8.49. The predicted molar refractivity (Wildman–Crippen MR) is 87.6 cm³/mol. The molecule has 8 heteroatoms. The zero-order valence-corrected chi connectivity index (χ0v) is 13.1. The Balaban J connectivity index is 1.46. The van der Waals surface area contributed by atoms with E-state index in [1.165, 1.54) is 11.3 Å². The Kier molecular flexibility index (Phi) is 3.58. The number of thiazole rings is 1. The molecule has 0 unspecified atom stereocenters. The van der Waals surface area contributed by atoms with Crippen molar-refractivity contribution >= 4 is 33.3 Å². The average Bonchev–Trinajstić information content (AvgIpc) is 3.06. The lowest BCUT2D eigenvalue weighted by atomic mass is 10.3. The average molecular weight is 326 g/mol. The van der Waals surface area contributed by atoms with Crippen LogP contribution in [0.2, 0.25) is 0 Å². The highest BCUT2D eigenvalue weighted by Gasteiger charge is 2.25. The van der Waals surface area contributed by atoms with E-state index in [0.29, 0.717) is 18.1 Å². The normalized spacial score (nSPS) is 15.1. The number of fused-ring (bicyclic) bond motifs is 1. The van der Waals surface area contributed by atoms with Crippen LogP contribution in [-0.4, -0.2) is 56.9 Å². The molecule has 0 aliphatic carbocycles. The van der Waals surface area contributed by atoms with E-state index in [4.69, 9.17) is 0 Å². The second kappa shape index (κ2) is 5.88. The van der Waals surface area contributed by atoms with E-state index in [2.05, 4.69) is 24.8 Å². The molecule has 1 fully saturated rings.